The Morgan fingerprint density at radius 2 is 1.33 bits per heavy atom. The van der Waals surface area contributed by atoms with E-state index in [-0.39, 0.29) is 11.8 Å². The first-order valence-electron chi connectivity index (χ1n) is 9.59. The zero-order valence-electron chi connectivity index (χ0n) is 15.0. The molecular weight excluding hydrogens is 302 g/mol. The number of hydrogen-bond acceptors (Lipinski definition) is 3. The first kappa shape index (κ1) is 19.0. The fourth-order valence-corrected chi connectivity index (χ4v) is 3.61. The van der Waals surface area contributed by atoms with Crippen LogP contribution in [-0.4, -0.2) is 72.3 Å². The highest BCUT2D eigenvalue weighted by molar-refractivity contribution is 5.79. The molecule has 0 aromatic heterocycles. The highest BCUT2D eigenvalue weighted by atomic mass is 16.2. The predicted octanol–water partition coefficient (Wildman–Crippen LogP) is 2.28. The second-order valence-corrected chi connectivity index (χ2v) is 6.97. The zero-order chi connectivity index (χ0) is 17.2. The molecule has 5 nitrogen and oxygen atoms in total. The van der Waals surface area contributed by atoms with Crippen LogP contribution in [0.2, 0.25) is 0 Å². The summed E-state index contributed by atoms with van der Waals surface area (Å²) in [5.74, 6) is 0.442. The minimum absolute atomic E-state index is 0.208. The molecule has 0 atom stereocenters. The molecule has 2 saturated heterocycles. The van der Waals surface area contributed by atoms with E-state index in [1.165, 1.54) is 12.8 Å². The minimum atomic E-state index is 0.208. The molecule has 0 bridgehead atoms. The Bertz CT molecular complexity index is 417. The lowest BCUT2D eigenvalue weighted by Crippen LogP contribution is -2.35. The molecule has 2 aliphatic heterocycles. The first-order chi connectivity index (χ1) is 11.7. The van der Waals surface area contributed by atoms with E-state index in [1.807, 2.05) is 15.9 Å². The zero-order valence-corrected chi connectivity index (χ0v) is 15.0. The lowest BCUT2D eigenvalue weighted by molar-refractivity contribution is -0.132. The molecule has 0 aromatic carbocycles. The summed E-state index contributed by atoms with van der Waals surface area (Å²) in [6.45, 7) is 10.1. The van der Waals surface area contributed by atoms with Crippen molar-refractivity contribution in [1.82, 2.24) is 14.7 Å². The number of likely N-dealkylation sites (tertiary alicyclic amines) is 1. The van der Waals surface area contributed by atoms with Gasteiger partial charge in [0, 0.05) is 58.7 Å². The maximum absolute atomic E-state index is 12.4. The van der Waals surface area contributed by atoms with Crippen LogP contribution < -0.4 is 0 Å². The molecular formula is C19H33N3O2. The topological polar surface area (TPSA) is 43.9 Å². The third-order valence-corrected chi connectivity index (χ3v) is 5.07. The predicted molar refractivity (Wildman–Crippen MR) is 96.7 cm³/mol. The summed E-state index contributed by atoms with van der Waals surface area (Å²) in [6.07, 6.45) is 9.36. The van der Waals surface area contributed by atoms with Gasteiger partial charge in [0.15, 0.2) is 0 Å². The molecule has 0 aliphatic carbocycles. The molecule has 24 heavy (non-hydrogen) atoms. The maximum atomic E-state index is 12.4. The summed E-state index contributed by atoms with van der Waals surface area (Å²) in [5, 5.41) is 0. The van der Waals surface area contributed by atoms with Gasteiger partial charge in [0.25, 0.3) is 0 Å². The Hall–Kier alpha value is -1.36. The van der Waals surface area contributed by atoms with Crippen molar-refractivity contribution < 1.29 is 9.59 Å². The number of nitrogens with zero attached hydrogens (tertiary/aromatic N) is 3. The van der Waals surface area contributed by atoms with Crippen LogP contribution in [0.25, 0.3) is 0 Å². The second-order valence-electron chi connectivity index (χ2n) is 6.97. The third-order valence-electron chi connectivity index (χ3n) is 5.07. The SMILES string of the molecule is C=CCN1CCCN(C(=O)CCCC(=O)N2CCCCCC2)CC1. The lowest BCUT2D eigenvalue weighted by atomic mass is 10.2. The van der Waals surface area contributed by atoms with Crippen molar-refractivity contribution in [3.8, 4) is 0 Å². The van der Waals surface area contributed by atoms with Gasteiger partial charge in [-0.05, 0) is 25.7 Å². The van der Waals surface area contributed by atoms with Gasteiger partial charge in [-0.3, -0.25) is 14.5 Å². The van der Waals surface area contributed by atoms with Gasteiger partial charge >= 0.3 is 0 Å². The van der Waals surface area contributed by atoms with Gasteiger partial charge in [0.2, 0.25) is 11.8 Å². The minimum Gasteiger partial charge on any atom is -0.343 e. The molecule has 0 aromatic rings. The molecule has 5 heteroatoms. The van der Waals surface area contributed by atoms with Gasteiger partial charge in [0.05, 0.1) is 0 Å². The van der Waals surface area contributed by atoms with Crippen molar-refractivity contribution >= 4 is 11.8 Å². The van der Waals surface area contributed by atoms with E-state index in [2.05, 4.69) is 11.5 Å². The van der Waals surface area contributed by atoms with Gasteiger partial charge in [-0.25, -0.2) is 0 Å². The summed E-state index contributed by atoms with van der Waals surface area (Å²) in [5.41, 5.74) is 0. The number of amides is 2. The van der Waals surface area contributed by atoms with Crippen molar-refractivity contribution in [2.45, 2.75) is 51.4 Å². The summed E-state index contributed by atoms with van der Waals surface area (Å²) >= 11 is 0. The van der Waals surface area contributed by atoms with Crippen LogP contribution in [0.1, 0.15) is 51.4 Å². The molecule has 2 fully saturated rings. The van der Waals surface area contributed by atoms with Crippen LogP contribution >= 0.6 is 0 Å². The van der Waals surface area contributed by atoms with Crippen LogP contribution in [0.15, 0.2) is 12.7 Å². The molecule has 2 aliphatic rings. The Kier molecular flexibility index (Phi) is 8.29. The van der Waals surface area contributed by atoms with Gasteiger partial charge in [0.1, 0.15) is 0 Å². The molecule has 0 saturated carbocycles. The lowest BCUT2D eigenvalue weighted by Gasteiger charge is -2.22. The average molecular weight is 335 g/mol. The first-order valence-corrected chi connectivity index (χ1v) is 9.59. The number of carbonyl (C=O) groups excluding carboxylic acids is 2. The van der Waals surface area contributed by atoms with E-state index >= 15 is 0 Å². The molecule has 2 heterocycles. The molecule has 0 unspecified atom stereocenters. The summed E-state index contributed by atoms with van der Waals surface area (Å²) in [6, 6.07) is 0. The summed E-state index contributed by atoms with van der Waals surface area (Å²) < 4.78 is 0. The molecule has 0 radical (unpaired) electrons. The normalized spacial score (nSPS) is 20.3. The molecule has 0 N–H and O–H groups in total. The van der Waals surface area contributed by atoms with Crippen LogP contribution in [0.3, 0.4) is 0 Å². The van der Waals surface area contributed by atoms with E-state index < -0.39 is 0 Å². The molecule has 136 valence electrons. The smallest absolute Gasteiger partial charge is 0.222 e. The standard InChI is InChI=1S/C19H33N3O2/c1-2-11-20-12-8-15-22(17-16-20)19(24)10-7-9-18(23)21-13-5-3-4-6-14-21/h2H,1,3-17H2. The number of carbonyl (C=O) groups is 2. The number of hydrogen-bond donors (Lipinski definition) is 0. The number of rotatable bonds is 6. The maximum Gasteiger partial charge on any atom is 0.222 e. The monoisotopic (exact) mass is 335 g/mol. The molecule has 2 rings (SSSR count). The van der Waals surface area contributed by atoms with E-state index in [0.717, 1.165) is 65.1 Å². The van der Waals surface area contributed by atoms with Crippen molar-refractivity contribution in [1.29, 1.82) is 0 Å². The van der Waals surface area contributed by atoms with Gasteiger partial charge in [-0.15, -0.1) is 6.58 Å². The fourth-order valence-electron chi connectivity index (χ4n) is 3.61. The van der Waals surface area contributed by atoms with Crippen molar-refractivity contribution in [3.05, 3.63) is 12.7 Å². The highest BCUT2D eigenvalue weighted by Gasteiger charge is 2.19. The quantitative estimate of drug-likeness (QED) is 0.700. The molecule has 0 spiro atoms. The average Bonchev–Trinajstić information content (AvgIpc) is 2.98. The third kappa shape index (κ3) is 6.27. The van der Waals surface area contributed by atoms with E-state index in [1.54, 1.807) is 0 Å². The van der Waals surface area contributed by atoms with Crippen LogP contribution in [0.4, 0.5) is 0 Å². The Labute approximate surface area is 146 Å². The summed E-state index contributed by atoms with van der Waals surface area (Å²) in [7, 11) is 0. The van der Waals surface area contributed by atoms with E-state index in [4.69, 9.17) is 0 Å². The van der Waals surface area contributed by atoms with E-state index in [9.17, 15) is 9.59 Å². The van der Waals surface area contributed by atoms with Crippen LogP contribution in [-0.2, 0) is 9.59 Å². The van der Waals surface area contributed by atoms with Gasteiger partial charge in [-0.2, -0.15) is 0 Å². The van der Waals surface area contributed by atoms with Crippen molar-refractivity contribution in [2.75, 3.05) is 45.8 Å². The van der Waals surface area contributed by atoms with Crippen LogP contribution in [0, 0.1) is 0 Å². The Morgan fingerprint density at radius 1 is 0.750 bits per heavy atom. The van der Waals surface area contributed by atoms with E-state index in [0.29, 0.717) is 19.3 Å². The van der Waals surface area contributed by atoms with Crippen molar-refractivity contribution in [2.24, 2.45) is 0 Å². The van der Waals surface area contributed by atoms with Gasteiger partial charge < -0.3 is 9.80 Å². The Morgan fingerprint density at radius 3 is 1.96 bits per heavy atom. The fraction of sp³-hybridized carbons (Fsp3) is 0.789. The largest absolute Gasteiger partial charge is 0.343 e. The summed E-state index contributed by atoms with van der Waals surface area (Å²) in [4.78, 5) is 31.0. The highest BCUT2D eigenvalue weighted by Crippen LogP contribution is 2.13. The second kappa shape index (κ2) is 10.5. The van der Waals surface area contributed by atoms with Crippen LogP contribution in [0.5, 0.6) is 0 Å². The Balaban J connectivity index is 1.66. The molecule has 2 amide bonds. The van der Waals surface area contributed by atoms with Gasteiger partial charge in [-0.1, -0.05) is 18.9 Å². The van der Waals surface area contributed by atoms with Crippen molar-refractivity contribution in [3.63, 3.8) is 0 Å².